The molecular weight excluding hydrogens is 188 g/mol. The van der Waals surface area contributed by atoms with E-state index in [4.69, 9.17) is 4.74 Å². The molecule has 2 heterocycles. The normalized spacial score (nSPS) is 32.2. The lowest BCUT2D eigenvalue weighted by Crippen LogP contribution is -2.49. The summed E-state index contributed by atoms with van der Waals surface area (Å²) in [5.74, 6) is 0.730. The zero-order chi connectivity index (χ0) is 10.7. The molecule has 3 heteroatoms. The Kier molecular flexibility index (Phi) is 4.00. The summed E-state index contributed by atoms with van der Waals surface area (Å²) in [5, 5.41) is 3.48. The largest absolute Gasteiger partial charge is 0.374 e. The smallest absolute Gasteiger partial charge is 0.0826 e. The van der Waals surface area contributed by atoms with Crippen LogP contribution >= 0.6 is 0 Å². The van der Waals surface area contributed by atoms with E-state index < -0.39 is 0 Å². The second-order valence-electron chi connectivity index (χ2n) is 5.30. The molecule has 0 saturated carbocycles. The SMILES string of the molecule is CC(C)CNCC1CN2CCCC2CO1. The first-order chi connectivity index (χ1) is 7.25. The molecule has 15 heavy (non-hydrogen) atoms. The van der Waals surface area contributed by atoms with Crippen molar-refractivity contribution < 1.29 is 4.74 Å². The van der Waals surface area contributed by atoms with Crippen molar-refractivity contribution in [3.05, 3.63) is 0 Å². The van der Waals surface area contributed by atoms with E-state index in [-0.39, 0.29) is 0 Å². The zero-order valence-electron chi connectivity index (χ0n) is 10.0. The van der Waals surface area contributed by atoms with E-state index in [9.17, 15) is 0 Å². The van der Waals surface area contributed by atoms with Gasteiger partial charge in [0.05, 0.1) is 12.7 Å². The Bertz CT molecular complexity index is 196. The minimum absolute atomic E-state index is 0.415. The van der Waals surface area contributed by atoms with Crippen molar-refractivity contribution >= 4 is 0 Å². The monoisotopic (exact) mass is 212 g/mol. The highest BCUT2D eigenvalue weighted by Crippen LogP contribution is 2.22. The fourth-order valence-corrected chi connectivity index (χ4v) is 2.54. The Labute approximate surface area is 93.2 Å². The van der Waals surface area contributed by atoms with E-state index >= 15 is 0 Å². The molecule has 0 aliphatic carbocycles. The van der Waals surface area contributed by atoms with Crippen molar-refractivity contribution in [2.45, 2.75) is 38.8 Å². The summed E-state index contributed by atoms with van der Waals surface area (Å²) in [6, 6.07) is 0.728. The van der Waals surface area contributed by atoms with Crippen molar-refractivity contribution in [3.63, 3.8) is 0 Å². The molecular formula is C12H24N2O. The van der Waals surface area contributed by atoms with Crippen molar-refractivity contribution in [1.29, 1.82) is 0 Å². The molecule has 2 fully saturated rings. The van der Waals surface area contributed by atoms with Gasteiger partial charge in [0.2, 0.25) is 0 Å². The van der Waals surface area contributed by atoms with Gasteiger partial charge in [-0.3, -0.25) is 4.90 Å². The Balaban J connectivity index is 1.66. The molecule has 1 N–H and O–H groups in total. The standard InChI is InChI=1S/C12H24N2O/c1-10(2)6-13-7-12-8-14-5-3-4-11(14)9-15-12/h10-13H,3-9H2,1-2H3. The van der Waals surface area contributed by atoms with Crippen LogP contribution in [0, 0.1) is 5.92 Å². The minimum atomic E-state index is 0.415. The zero-order valence-corrected chi connectivity index (χ0v) is 10.0. The number of nitrogens with zero attached hydrogens (tertiary/aromatic N) is 1. The van der Waals surface area contributed by atoms with Gasteiger partial charge in [0.15, 0.2) is 0 Å². The first-order valence-corrected chi connectivity index (χ1v) is 6.32. The molecule has 3 nitrogen and oxygen atoms in total. The fourth-order valence-electron chi connectivity index (χ4n) is 2.54. The fraction of sp³-hybridized carbons (Fsp3) is 1.00. The Morgan fingerprint density at radius 3 is 3.13 bits per heavy atom. The van der Waals surface area contributed by atoms with Crippen LogP contribution in [-0.4, -0.2) is 49.8 Å². The number of hydrogen-bond acceptors (Lipinski definition) is 3. The van der Waals surface area contributed by atoms with Gasteiger partial charge in [-0.2, -0.15) is 0 Å². The third-order valence-corrected chi connectivity index (χ3v) is 3.39. The first kappa shape index (κ1) is 11.4. The van der Waals surface area contributed by atoms with Crippen molar-refractivity contribution in [3.8, 4) is 0 Å². The Morgan fingerprint density at radius 2 is 2.33 bits per heavy atom. The van der Waals surface area contributed by atoms with Gasteiger partial charge in [-0.25, -0.2) is 0 Å². The maximum absolute atomic E-state index is 5.87. The topological polar surface area (TPSA) is 24.5 Å². The summed E-state index contributed by atoms with van der Waals surface area (Å²) < 4.78 is 5.87. The molecule has 0 amide bonds. The van der Waals surface area contributed by atoms with Crippen LogP contribution in [0.5, 0.6) is 0 Å². The molecule has 88 valence electrons. The molecule has 2 saturated heterocycles. The Morgan fingerprint density at radius 1 is 1.47 bits per heavy atom. The van der Waals surface area contributed by atoms with Crippen LogP contribution < -0.4 is 5.32 Å². The molecule has 0 aromatic carbocycles. The van der Waals surface area contributed by atoms with E-state index in [2.05, 4.69) is 24.1 Å². The highest BCUT2D eigenvalue weighted by atomic mass is 16.5. The van der Waals surface area contributed by atoms with Crippen molar-refractivity contribution in [2.75, 3.05) is 32.8 Å². The van der Waals surface area contributed by atoms with Crippen molar-refractivity contribution in [1.82, 2.24) is 10.2 Å². The third-order valence-electron chi connectivity index (χ3n) is 3.39. The lowest BCUT2D eigenvalue weighted by atomic mass is 10.2. The van der Waals surface area contributed by atoms with E-state index in [0.29, 0.717) is 6.10 Å². The molecule has 2 aliphatic rings. The van der Waals surface area contributed by atoms with Gasteiger partial charge >= 0.3 is 0 Å². The van der Waals surface area contributed by atoms with Crippen molar-refractivity contribution in [2.24, 2.45) is 5.92 Å². The Hall–Kier alpha value is -0.120. The molecule has 0 aromatic heterocycles. The van der Waals surface area contributed by atoms with Gasteiger partial charge < -0.3 is 10.1 Å². The van der Waals surface area contributed by atoms with Crippen LogP contribution in [0.15, 0.2) is 0 Å². The van der Waals surface area contributed by atoms with Crippen LogP contribution in [0.25, 0.3) is 0 Å². The maximum atomic E-state index is 5.87. The second kappa shape index (κ2) is 5.28. The molecule has 2 atom stereocenters. The summed E-state index contributed by atoms with van der Waals surface area (Å²) >= 11 is 0. The molecule has 0 spiro atoms. The number of hydrogen-bond donors (Lipinski definition) is 1. The molecule has 0 radical (unpaired) electrons. The van der Waals surface area contributed by atoms with Gasteiger partial charge in [-0.1, -0.05) is 13.8 Å². The summed E-state index contributed by atoms with van der Waals surface area (Å²) in [5.41, 5.74) is 0. The summed E-state index contributed by atoms with van der Waals surface area (Å²) in [4.78, 5) is 2.60. The number of morpholine rings is 1. The number of fused-ring (bicyclic) bond motifs is 1. The summed E-state index contributed by atoms with van der Waals surface area (Å²) in [6.07, 6.45) is 3.12. The van der Waals surface area contributed by atoms with E-state index in [1.54, 1.807) is 0 Å². The van der Waals surface area contributed by atoms with E-state index in [1.165, 1.54) is 19.4 Å². The van der Waals surface area contributed by atoms with Crippen LogP contribution in [-0.2, 0) is 4.74 Å². The van der Waals surface area contributed by atoms with Crippen LogP contribution in [0.1, 0.15) is 26.7 Å². The predicted octanol–water partition coefficient (Wildman–Crippen LogP) is 1.10. The average molecular weight is 212 g/mol. The molecule has 2 unspecified atom stereocenters. The average Bonchev–Trinajstić information content (AvgIpc) is 2.64. The number of nitrogens with one attached hydrogen (secondary N) is 1. The lowest BCUT2D eigenvalue weighted by Gasteiger charge is -2.35. The van der Waals surface area contributed by atoms with Crippen LogP contribution in [0.2, 0.25) is 0 Å². The van der Waals surface area contributed by atoms with Crippen LogP contribution in [0.4, 0.5) is 0 Å². The highest BCUT2D eigenvalue weighted by molar-refractivity contribution is 4.85. The van der Waals surface area contributed by atoms with E-state index in [0.717, 1.165) is 38.2 Å². The molecule has 2 rings (SSSR count). The van der Waals surface area contributed by atoms with Gasteiger partial charge in [-0.05, 0) is 31.8 Å². The lowest BCUT2D eigenvalue weighted by molar-refractivity contribution is -0.0470. The van der Waals surface area contributed by atoms with Gasteiger partial charge in [-0.15, -0.1) is 0 Å². The van der Waals surface area contributed by atoms with Gasteiger partial charge in [0.25, 0.3) is 0 Å². The maximum Gasteiger partial charge on any atom is 0.0826 e. The molecule has 0 bridgehead atoms. The first-order valence-electron chi connectivity index (χ1n) is 6.32. The van der Waals surface area contributed by atoms with Gasteiger partial charge in [0, 0.05) is 19.1 Å². The quantitative estimate of drug-likeness (QED) is 0.755. The minimum Gasteiger partial charge on any atom is -0.374 e. The number of rotatable bonds is 4. The second-order valence-corrected chi connectivity index (χ2v) is 5.30. The highest BCUT2D eigenvalue weighted by Gasteiger charge is 2.31. The third kappa shape index (κ3) is 3.16. The summed E-state index contributed by atoms with van der Waals surface area (Å²) in [6.45, 7) is 9.97. The van der Waals surface area contributed by atoms with Gasteiger partial charge in [0.1, 0.15) is 0 Å². The molecule has 2 aliphatic heterocycles. The predicted molar refractivity (Wildman–Crippen MR) is 62.0 cm³/mol. The molecule has 0 aromatic rings. The van der Waals surface area contributed by atoms with Crippen LogP contribution in [0.3, 0.4) is 0 Å². The number of ether oxygens (including phenoxy) is 1. The summed E-state index contributed by atoms with van der Waals surface area (Å²) in [7, 11) is 0. The van der Waals surface area contributed by atoms with E-state index in [1.807, 2.05) is 0 Å².